The number of esters is 1. The number of fused-ring (bicyclic) bond motifs is 5. The number of Topliss-reactive ketones (excluding diaryl/α,β-unsaturated/α-hetero) is 1. The van der Waals surface area contributed by atoms with E-state index in [1.807, 2.05) is 37.3 Å². The number of nitrogens with zero attached hydrogens (tertiary/aromatic N) is 1. The van der Waals surface area contributed by atoms with Crippen molar-refractivity contribution in [3.8, 4) is 0 Å². The second kappa shape index (κ2) is 9.35. The summed E-state index contributed by atoms with van der Waals surface area (Å²) in [5.41, 5.74) is 3.29. The number of amides is 2. The standard InChI is InChI=1S/C32H29NO5/c1-18-11-13-21(14-12-18)29(34)19(2)38-32(37)22-9-6-10-24(15-22)33-30(35)27-23-16-25(20-7-4-3-5-8-20)26(17-23)28(27)31(33)36/h3-15,19,23,25-28H,16-17H2,1-2H3/t19-,23+,25-,26+,27+,28-/m0/s1. The molecule has 6 nitrogen and oxygen atoms in total. The Morgan fingerprint density at radius 1 is 0.842 bits per heavy atom. The van der Waals surface area contributed by atoms with Crippen LogP contribution in [-0.2, 0) is 14.3 Å². The van der Waals surface area contributed by atoms with Gasteiger partial charge in [-0.05, 0) is 68.2 Å². The van der Waals surface area contributed by atoms with E-state index in [1.54, 1.807) is 30.3 Å². The number of aryl methyl sites for hydroxylation is 1. The summed E-state index contributed by atoms with van der Waals surface area (Å²) in [6.07, 6.45) is 0.843. The Kier molecular flexibility index (Phi) is 5.98. The van der Waals surface area contributed by atoms with Gasteiger partial charge in [-0.3, -0.25) is 19.3 Å². The number of imide groups is 1. The monoisotopic (exact) mass is 507 g/mol. The van der Waals surface area contributed by atoms with Crippen LogP contribution in [0.15, 0.2) is 78.9 Å². The number of ketones is 1. The van der Waals surface area contributed by atoms with Crippen molar-refractivity contribution in [1.82, 2.24) is 0 Å². The number of carbonyl (C=O) groups is 4. The Balaban J connectivity index is 1.19. The first-order valence-electron chi connectivity index (χ1n) is 13.2. The molecule has 2 saturated carbocycles. The Morgan fingerprint density at radius 3 is 2.29 bits per heavy atom. The molecule has 0 aromatic heterocycles. The first-order chi connectivity index (χ1) is 18.3. The molecule has 0 spiro atoms. The fourth-order valence-corrected chi connectivity index (χ4v) is 6.80. The molecule has 3 fully saturated rings. The number of ether oxygens (including phenoxy) is 1. The number of rotatable bonds is 6. The van der Waals surface area contributed by atoms with Crippen LogP contribution in [-0.4, -0.2) is 29.7 Å². The summed E-state index contributed by atoms with van der Waals surface area (Å²) in [6.45, 7) is 3.47. The first-order valence-corrected chi connectivity index (χ1v) is 13.2. The molecular weight excluding hydrogens is 478 g/mol. The minimum absolute atomic E-state index is 0.149. The average molecular weight is 508 g/mol. The van der Waals surface area contributed by atoms with Crippen molar-refractivity contribution in [2.45, 2.75) is 38.7 Å². The number of benzene rings is 3. The first kappa shape index (κ1) is 24.3. The summed E-state index contributed by atoms with van der Waals surface area (Å²) >= 11 is 0. The van der Waals surface area contributed by atoms with Gasteiger partial charge < -0.3 is 4.74 Å². The lowest BCUT2D eigenvalue weighted by molar-refractivity contribution is -0.123. The van der Waals surface area contributed by atoms with Gasteiger partial charge in [-0.1, -0.05) is 66.2 Å². The van der Waals surface area contributed by atoms with Crippen molar-refractivity contribution >= 4 is 29.3 Å². The molecular formula is C32H29NO5. The fraction of sp³-hybridized carbons (Fsp3) is 0.312. The fourth-order valence-electron chi connectivity index (χ4n) is 6.80. The van der Waals surface area contributed by atoms with Gasteiger partial charge in [0.2, 0.25) is 17.6 Å². The molecule has 0 N–H and O–H groups in total. The third-order valence-corrected chi connectivity index (χ3v) is 8.57. The molecule has 2 bridgehead atoms. The molecule has 1 aliphatic heterocycles. The quantitative estimate of drug-likeness (QED) is 0.255. The molecule has 38 heavy (non-hydrogen) atoms. The van der Waals surface area contributed by atoms with E-state index in [2.05, 4.69) is 12.1 Å². The van der Waals surface area contributed by atoms with Crippen LogP contribution < -0.4 is 4.90 Å². The molecule has 3 aromatic rings. The summed E-state index contributed by atoms with van der Waals surface area (Å²) in [7, 11) is 0. The van der Waals surface area contributed by atoms with Crippen molar-refractivity contribution < 1.29 is 23.9 Å². The van der Waals surface area contributed by atoms with Crippen LogP contribution in [0, 0.1) is 30.6 Å². The third-order valence-electron chi connectivity index (χ3n) is 8.57. The van der Waals surface area contributed by atoms with Crippen molar-refractivity contribution in [3.63, 3.8) is 0 Å². The number of carbonyl (C=O) groups excluding carboxylic acids is 4. The summed E-state index contributed by atoms with van der Waals surface area (Å²) in [5.74, 6) is -1.32. The number of hydrogen-bond acceptors (Lipinski definition) is 5. The van der Waals surface area contributed by atoms with Crippen LogP contribution in [0.4, 0.5) is 5.69 Å². The number of anilines is 1. The van der Waals surface area contributed by atoms with E-state index in [9.17, 15) is 19.2 Å². The van der Waals surface area contributed by atoms with Crippen LogP contribution in [0.5, 0.6) is 0 Å². The smallest absolute Gasteiger partial charge is 0.338 e. The third kappa shape index (κ3) is 3.95. The second-order valence-electron chi connectivity index (χ2n) is 10.8. The highest BCUT2D eigenvalue weighted by Crippen LogP contribution is 2.61. The average Bonchev–Trinajstić information content (AvgIpc) is 3.60. The minimum Gasteiger partial charge on any atom is -0.451 e. The zero-order valence-electron chi connectivity index (χ0n) is 21.4. The van der Waals surface area contributed by atoms with Crippen molar-refractivity contribution in [2.75, 3.05) is 4.90 Å². The van der Waals surface area contributed by atoms with Gasteiger partial charge >= 0.3 is 5.97 Å². The predicted octanol–water partition coefficient (Wildman–Crippen LogP) is 5.35. The summed E-state index contributed by atoms with van der Waals surface area (Å²) in [5, 5.41) is 0. The van der Waals surface area contributed by atoms with E-state index in [1.165, 1.54) is 23.5 Å². The zero-order chi connectivity index (χ0) is 26.6. The molecule has 3 aromatic carbocycles. The molecule has 6 heteroatoms. The van der Waals surface area contributed by atoms with E-state index in [4.69, 9.17) is 4.74 Å². The molecule has 1 saturated heterocycles. The normalized spacial score (nSPS) is 26.4. The Morgan fingerprint density at radius 2 is 1.55 bits per heavy atom. The maximum Gasteiger partial charge on any atom is 0.338 e. The maximum absolute atomic E-state index is 13.6. The van der Waals surface area contributed by atoms with Gasteiger partial charge in [-0.2, -0.15) is 0 Å². The second-order valence-corrected chi connectivity index (χ2v) is 10.8. The molecule has 0 radical (unpaired) electrons. The molecule has 0 unspecified atom stereocenters. The van der Waals surface area contributed by atoms with Crippen molar-refractivity contribution in [2.24, 2.45) is 23.7 Å². The lowest BCUT2D eigenvalue weighted by Gasteiger charge is -2.28. The minimum atomic E-state index is -0.978. The van der Waals surface area contributed by atoms with Crippen LogP contribution >= 0.6 is 0 Å². The summed E-state index contributed by atoms with van der Waals surface area (Å²) in [4.78, 5) is 54.0. The van der Waals surface area contributed by atoms with E-state index in [-0.39, 0.29) is 52.8 Å². The van der Waals surface area contributed by atoms with Crippen molar-refractivity contribution in [1.29, 1.82) is 0 Å². The maximum atomic E-state index is 13.6. The Labute approximate surface area is 221 Å². The highest BCUT2D eigenvalue weighted by atomic mass is 16.5. The molecule has 3 aliphatic rings. The van der Waals surface area contributed by atoms with E-state index < -0.39 is 12.1 Å². The molecule has 2 amide bonds. The summed E-state index contributed by atoms with van der Waals surface area (Å²) in [6, 6.07) is 23.7. The molecule has 2 aliphatic carbocycles. The molecule has 6 rings (SSSR count). The molecule has 192 valence electrons. The van der Waals surface area contributed by atoms with Crippen LogP contribution in [0.3, 0.4) is 0 Å². The van der Waals surface area contributed by atoms with Gasteiger partial charge in [0, 0.05) is 5.56 Å². The molecule has 1 heterocycles. The van der Waals surface area contributed by atoms with Crippen LogP contribution in [0.2, 0.25) is 0 Å². The zero-order valence-corrected chi connectivity index (χ0v) is 21.4. The van der Waals surface area contributed by atoms with Gasteiger partial charge in [0.15, 0.2) is 6.10 Å². The predicted molar refractivity (Wildman–Crippen MR) is 142 cm³/mol. The highest BCUT2D eigenvalue weighted by Gasteiger charge is 2.64. The van der Waals surface area contributed by atoms with Gasteiger partial charge in [-0.15, -0.1) is 0 Å². The lowest BCUT2D eigenvalue weighted by atomic mass is 9.73. The lowest BCUT2D eigenvalue weighted by Crippen LogP contribution is -2.33. The van der Waals surface area contributed by atoms with Crippen molar-refractivity contribution in [3.05, 3.63) is 101 Å². The topological polar surface area (TPSA) is 80.8 Å². The van der Waals surface area contributed by atoms with Crippen LogP contribution in [0.25, 0.3) is 0 Å². The van der Waals surface area contributed by atoms with E-state index >= 15 is 0 Å². The van der Waals surface area contributed by atoms with Gasteiger partial charge in [0.1, 0.15) is 0 Å². The Hall–Kier alpha value is -4.06. The summed E-state index contributed by atoms with van der Waals surface area (Å²) < 4.78 is 5.46. The van der Waals surface area contributed by atoms with Crippen LogP contribution in [0.1, 0.15) is 57.5 Å². The van der Waals surface area contributed by atoms with E-state index in [0.29, 0.717) is 11.3 Å². The highest BCUT2D eigenvalue weighted by molar-refractivity contribution is 6.23. The van der Waals surface area contributed by atoms with Gasteiger partial charge in [0.05, 0.1) is 23.1 Å². The van der Waals surface area contributed by atoms with Gasteiger partial charge in [0.25, 0.3) is 0 Å². The van der Waals surface area contributed by atoms with E-state index in [0.717, 1.165) is 18.4 Å². The number of hydrogen-bond donors (Lipinski definition) is 0. The Bertz CT molecular complexity index is 1430. The SMILES string of the molecule is Cc1ccc(C(=O)[C@H](C)OC(=O)c2cccc(N3C(=O)[C@@H]4[C@H]5C[C@@H]([C@@H]4C3=O)[C@H](c3ccccc3)C5)c2)cc1. The largest absolute Gasteiger partial charge is 0.451 e. The molecule has 6 atom stereocenters. The van der Waals surface area contributed by atoms with Gasteiger partial charge in [-0.25, -0.2) is 4.79 Å².